The molecule has 0 bridgehead atoms. The number of unbranched alkanes of at least 4 members (excludes halogenated alkanes) is 1. The normalized spacial score (nSPS) is 10.4. The van der Waals surface area contributed by atoms with Gasteiger partial charge >= 0.3 is 36.8 Å². The van der Waals surface area contributed by atoms with Crippen LogP contribution in [-0.2, 0) is 14.4 Å². The summed E-state index contributed by atoms with van der Waals surface area (Å²) in [6.45, 7) is 0.604. The molecule has 8 nitrogen and oxygen atoms in total. The van der Waals surface area contributed by atoms with Gasteiger partial charge in [0.25, 0.3) is 0 Å². The van der Waals surface area contributed by atoms with Crippen molar-refractivity contribution in [2.24, 2.45) is 11.5 Å². The van der Waals surface area contributed by atoms with Crippen LogP contribution in [0.5, 0.6) is 0 Å². The van der Waals surface area contributed by atoms with Gasteiger partial charge in [-0.1, -0.05) is 6.42 Å². The molecule has 0 aliphatic carbocycles. The molecule has 1 unspecified atom stereocenters. The average Bonchev–Trinajstić information content (AvgIpc) is 2.27. The van der Waals surface area contributed by atoms with E-state index in [0.717, 1.165) is 12.8 Å². The van der Waals surface area contributed by atoms with Gasteiger partial charge in [-0.25, -0.2) is 0 Å². The summed E-state index contributed by atoms with van der Waals surface area (Å²) >= 11 is 0. The molecule has 0 aliphatic rings. The number of carboxylic acid groups (broad SMARTS) is 3. The van der Waals surface area contributed by atoms with Gasteiger partial charge in [-0.3, -0.25) is 14.4 Å². The van der Waals surface area contributed by atoms with Crippen molar-refractivity contribution >= 4 is 36.8 Å². The topological polar surface area (TPSA) is 164 Å². The molecule has 0 rings (SSSR count). The number of carbonyl (C=O) groups is 3. The predicted molar refractivity (Wildman–Crippen MR) is 70.2 cm³/mol. The Bertz CT molecular complexity index is 261. The zero-order chi connectivity index (χ0) is 14.6. The molecule has 0 radical (unpaired) electrons. The van der Waals surface area contributed by atoms with Gasteiger partial charge < -0.3 is 26.8 Å². The van der Waals surface area contributed by atoms with Crippen molar-refractivity contribution < 1.29 is 29.7 Å². The van der Waals surface area contributed by atoms with Gasteiger partial charge in [-0.15, -0.1) is 0 Å². The standard InChI is InChI=1S/C6H14N2O2.C4H6O4.Li.H/c7-4-2-1-3-5(8)6(9)10;5-3(6)1-2-4(7)8;;/h5H,1-4,7-8H2,(H,9,10);1-2H2,(H,5,6)(H,7,8);;. The van der Waals surface area contributed by atoms with E-state index in [9.17, 15) is 14.4 Å². The molecular formula is C10H21LiN2O6. The summed E-state index contributed by atoms with van der Waals surface area (Å²) in [6.07, 6.45) is 1.57. The van der Waals surface area contributed by atoms with Gasteiger partial charge in [-0.2, -0.15) is 0 Å². The van der Waals surface area contributed by atoms with Crippen LogP contribution >= 0.6 is 0 Å². The van der Waals surface area contributed by atoms with Crippen LogP contribution in [0.1, 0.15) is 32.1 Å². The monoisotopic (exact) mass is 272 g/mol. The fraction of sp³-hybridized carbons (Fsp3) is 0.700. The minimum atomic E-state index is -1.08. The molecule has 0 aliphatic heterocycles. The van der Waals surface area contributed by atoms with Gasteiger partial charge in [0, 0.05) is 0 Å². The average molecular weight is 272 g/mol. The zero-order valence-electron chi connectivity index (χ0n) is 10.0. The summed E-state index contributed by atoms with van der Waals surface area (Å²) in [6, 6.07) is -0.716. The van der Waals surface area contributed by atoms with E-state index in [4.69, 9.17) is 26.8 Å². The van der Waals surface area contributed by atoms with E-state index >= 15 is 0 Å². The second-order valence-electron chi connectivity index (χ2n) is 3.52. The summed E-state index contributed by atoms with van der Waals surface area (Å²) < 4.78 is 0. The van der Waals surface area contributed by atoms with Crippen molar-refractivity contribution in [3.8, 4) is 0 Å². The first-order chi connectivity index (χ1) is 8.31. The number of aliphatic carboxylic acids is 3. The van der Waals surface area contributed by atoms with Crippen LogP contribution in [0.25, 0.3) is 0 Å². The van der Waals surface area contributed by atoms with Crippen molar-refractivity contribution in [3.63, 3.8) is 0 Å². The SMILES string of the molecule is NCCCCC(N)C(=O)O.O=C(O)CCC(=O)O.[LiH]. The summed E-state index contributed by atoms with van der Waals surface area (Å²) in [5.74, 6) is -3.09. The Morgan fingerprint density at radius 1 is 0.947 bits per heavy atom. The Hall–Kier alpha value is -1.07. The van der Waals surface area contributed by atoms with E-state index in [0.29, 0.717) is 13.0 Å². The molecule has 7 N–H and O–H groups in total. The van der Waals surface area contributed by atoms with Gasteiger partial charge in [-0.05, 0) is 19.4 Å². The second kappa shape index (κ2) is 15.0. The van der Waals surface area contributed by atoms with Crippen LogP contribution in [0.4, 0.5) is 0 Å². The maximum atomic E-state index is 10.1. The molecule has 0 saturated heterocycles. The second-order valence-corrected chi connectivity index (χ2v) is 3.52. The Kier molecular flexibility index (Phi) is 18.2. The van der Waals surface area contributed by atoms with E-state index in [1.807, 2.05) is 0 Å². The third kappa shape index (κ3) is 22.6. The summed E-state index contributed by atoms with van der Waals surface area (Å²) in [4.78, 5) is 29.4. The maximum absolute atomic E-state index is 10.1. The fourth-order valence-electron chi connectivity index (χ4n) is 0.846. The molecule has 0 fully saturated rings. The summed E-state index contributed by atoms with van der Waals surface area (Å²) in [5.41, 5.74) is 10.4. The van der Waals surface area contributed by atoms with Crippen molar-refractivity contribution in [3.05, 3.63) is 0 Å². The summed E-state index contributed by atoms with van der Waals surface area (Å²) in [5, 5.41) is 24.1. The Balaban J connectivity index is -0.000000262. The molecule has 19 heavy (non-hydrogen) atoms. The fourth-order valence-corrected chi connectivity index (χ4v) is 0.846. The van der Waals surface area contributed by atoms with E-state index in [-0.39, 0.29) is 31.7 Å². The van der Waals surface area contributed by atoms with Gasteiger partial charge in [0.1, 0.15) is 6.04 Å². The minimum absolute atomic E-state index is 0. The van der Waals surface area contributed by atoms with Crippen molar-refractivity contribution in [1.82, 2.24) is 0 Å². The number of nitrogens with two attached hydrogens (primary N) is 2. The molecule has 108 valence electrons. The third-order valence-electron chi connectivity index (χ3n) is 1.84. The van der Waals surface area contributed by atoms with Gasteiger partial charge in [0.2, 0.25) is 0 Å². The molecule has 1 atom stereocenters. The zero-order valence-corrected chi connectivity index (χ0v) is 10.0. The molecule has 0 spiro atoms. The van der Waals surface area contributed by atoms with Crippen molar-refractivity contribution in [2.45, 2.75) is 38.1 Å². The summed E-state index contributed by atoms with van der Waals surface area (Å²) in [7, 11) is 0. The number of hydrogen-bond donors (Lipinski definition) is 5. The Labute approximate surface area is 123 Å². The van der Waals surface area contributed by atoms with Gasteiger partial charge in [0.15, 0.2) is 0 Å². The van der Waals surface area contributed by atoms with Crippen molar-refractivity contribution in [1.29, 1.82) is 0 Å². The van der Waals surface area contributed by atoms with Crippen LogP contribution in [0.15, 0.2) is 0 Å². The molecule has 9 heteroatoms. The molecular weight excluding hydrogens is 251 g/mol. The first kappa shape index (κ1) is 23.1. The van der Waals surface area contributed by atoms with Gasteiger partial charge in [0.05, 0.1) is 12.8 Å². The van der Waals surface area contributed by atoms with E-state index in [1.54, 1.807) is 0 Å². The van der Waals surface area contributed by atoms with E-state index in [1.165, 1.54) is 0 Å². The number of carboxylic acids is 3. The van der Waals surface area contributed by atoms with Crippen molar-refractivity contribution in [2.75, 3.05) is 6.54 Å². The van der Waals surface area contributed by atoms with Crippen LogP contribution < -0.4 is 11.5 Å². The molecule has 0 heterocycles. The number of hydrogen-bond acceptors (Lipinski definition) is 5. The third-order valence-corrected chi connectivity index (χ3v) is 1.84. The van der Waals surface area contributed by atoms with Crippen LogP contribution in [-0.4, -0.2) is 64.7 Å². The Morgan fingerprint density at radius 3 is 1.63 bits per heavy atom. The van der Waals surface area contributed by atoms with Crippen LogP contribution in [0, 0.1) is 0 Å². The molecule has 0 saturated carbocycles. The van der Waals surface area contributed by atoms with Crippen LogP contribution in [0.3, 0.4) is 0 Å². The van der Waals surface area contributed by atoms with E-state index in [2.05, 4.69) is 0 Å². The van der Waals surface area contributed by atoms with E-state index < -0.39 is 23.9 Å². The first-order valence-electron chi connectivity index (χ1n) is 5.43. The Morgan fingerprint density at radius 2 is 1.37 bits per heavy atom. The van der Waals surface area contributed by atoms with Crippen LogP contribution in [0.2, 0.25) is 0 Å². The predicted octanol–water partition coefficient (Wildman–Crippen LogP) is -1.19. The quantitative estimate of drug-likeness (QED) is 0.272. The molecule has 0 aromatic carbocycles. The number of rotatable bonds is 8. The molecule has 0 aromatic heterocycles. The molecule has 0 amide bonds. The first-order valence-corrected chi connectivity index (χ1v) is 5.43. The molecule has 0 aromatic rings.